The molecule has 2 N–H and O–H groups in total. The number of halogens is 1. The Kier molecular flexibility index (Phi) is 6.05. The molecule has 0 aliphatic carbocycles. The van der Waals surface area contributed by atoms with E-state index in [9.17, 15) is 9.90 Å². The maximum atomic E-state index is 12.6. The van der Waals surface area contributed by atoms with E-state index in [4.69, 9.17) is 11.6 Å². The van der Waals surface area contributed by atoms with E-state index in [-0.39, 0.29) is 11.9 Å². The van der Waals surface area contributed by atoms with Crippen LogP contribution in [-0.4, -0.2) is 11.0 Å². The average Bonchev–Trinajstić information content (AvgIpc) is 2.69. The van der Waals surface area contributed by atoms with E-state index in [1.54, 1.807) is 24.3 Å². The van der Waals surface area contributed by atoms with Crippen LogP contribution in [0.25, 0.3) is 0 Å². The van der Waals surface area contributed by atoms with Gasteiger partial charge in [-0.2, -0.15) is 0 Å². The van der Waals surface area contributed by atoms with E-state index < -0.39 is 6.10 Å². The maximum Gasteiger partial charge on any atom is 0.251 e. The van der Waals surface area contributed by atoms with Gasteiger partial charge in [-0.1, -0.05) is 72.3 Å². The van der Waals surface area contributed by atoms with Crippen molar-refractivity contribution in [3.05, 3.63) is 107 Å². The number of benzene rings is 3. The molecule has 0 fully saturated rings. The zero-order chi connectivity index (χ0) is 18.4. The summed E-state index contributed by atoms with van der Waals surface area (Å²) in [7, 11) is 0. The Morgan fingerprint density at radius 2 is 1.38 bits per heavy atom. The quantitative estimate of drug-likeness (QED) is 0.650. The number of hydrogen-bond donors (Lipinski definition) is 2. The molecule has 0 unspecified atom stereocenters. The van der Waals surface area contributed by atoms with Gasteiger partial charge in [-0.05, 0) is 35.4 Å². The molecule has 0 aliphatic rings. The number of nitrogens with one attached hydrogen (secondary N) is 1. The van der Waals surface area contributed by atoms with Gasteiger partial charge in [0.2, 0.25) is 0 Å². The van der Waals surface area contributed by atoms with Gasteiger partial charge in [-0.15, -0.1) is 0 Å². The first kappa shape index (κ1) is 18.2. The topological polar surface area (TPSA) is 49.3 Å². The Bertz CT molecular complexity index is 835. The van der Waals surface area contributed by atoms with Gasteiger partial charge in [0.25, 0.3) is 5.91 Å². The van der Waals surface area contributed by atoms with Gasteiger partial charge < -0.3 is 10.4 Å². The molecule has 3 rings (SSSR count). The summed E-state index contributed by atoms with van der Waals surface area (Å²) in [5, 5.41) is 14.2. The third-order valence-electron chi connectivity index (χ3n) is 4.26. The van der Waals surface area contributed by atoms with Crippen molar-refractivity contribution in [1.29, 1.82) is 0 Å². The summed E-state index contributed by atoms with van der Waals surface area (Å²) < 4.78 is 0. The molecule has 3 nitrogen and oxygen atoms in total. The Balaban J connectivity index is 1.79. The largest absolute Gasteiger partial charge is 0.388 e. The lowest BCUT2D eigenvalue weighted by Crippen LogP contribution is -2.29. The van der Waals surface area contributed by atoms with Crippen LogP contribution in [0.4, 0.5) is 0 Å². The Hall–Kier alpha value is -2.62. The monoisotopic (exact) mass is 365 g/mol. The summed E-state index contributed by atoms with van der Waals surface area (Å²) in [6.07, 6.45) is -0.292. The Morgan fingerprint density at radius 3 is 1.96 bits per heavy atom. The molecule has 3 aromatic rings. The first-order valence-corrected chi connectivity index (χ1v) is 8.85. The lowest BCUT2D eigenvalue weighted by molar-refractivity contribution is 0.0909. The fourth-order valence-corrected chi connectivity index (χ4v) is 2.97. The standard InChI is InChI=1S/C22H20ClNO2/c23-19-13-11-18(12-14-19)22(26)24-20(16-7-3-1-4-8-16)15-21(25)17-9-5-2-6-10-17/h1-14,20-21,25H,15H2,(H,24,26)/t20-,21+/m0/s1. The Labute approximate surface area is 158 Å². The fourth-order valence-electron chi connectivity index (χ4n) is 2.84. The highest BCUT2D eigenvalue weighted by atomic mass is 35.5. The van der Waals surface area contributed by atoms with Gasteiger partial charge in [0, 0.05) is 17.0 Å². The van der Waals surface area contributed by atoms with Crippen molar-refractivity contribution in [2.45, 2.75) is 18.6 Å². The van der Waals surface area contributed by atoms with E-state index in [0.717, 1.165) is 11.1 Å². The molecular weight excluding hydrogens is 346 g/mol. The van der Waals surface area contributed by atoms with Crippen molar-refractivity contribution in [3.8, 4) is 0 Å². The molecule has 2 atom stereocenters. The fraction of sp³-hybridized carbons (Fsp3) is 0.136. The minimum atomic E-state index is -0.674. The molecule has 0 saturated carbocycles. The van der Waals surface area contributed by atoms with Crippen LogP contribution in [0.5, 0.6) is 0 Å². The SMILES string of the molecule is O=C(N[C@@H](C[C@@H](O)c1ccccc1)c1ccccc1)c1ccc(Cl)cc1. The van der Waals surface area contributed by atoms with Gasteiger partial charge >= 0.3 is 0 Å². The molecule has 0 spiro atoms. The van der Waals surface area contributed by atoms with Crippen LogP contribution in [0, 0.1) is 0 Å². The highest BCUT2D eigenvalue weighted by Gasteiger charge is 2.20. The second kappa shape index (κ2) is 8.65. The molecular formula is C22H20ClNO2. The van der Waals surface area contributed by atoms with Crippen LogP contribution in [0.15, 0.2) is 84.9 Å². The summed E-state index contributed by atoms with van der Waals surface area (Å²) in [6.45, 7) is 0. The van der Waals surface area contributed by atoms with Gasteiger partial charge in [0.05, 0.1) is 12.1 Å². The second-order valence-corrected chi connectivity index (χ2v) is 6.54. The van der Waals surface area contributed by atoms with E-state index in [1.165, 1.54) is 0 Å². The van der Waals surface area contributed by atoms with Gasteiger partial charge in [-0.25, -0.2) is 0 Å². The van der Waals surface area contributed by atoms with Crippen molar-refractivity contribution in [3.63, 3.8) is 0 Å². The zero-order valence-corrected chi connectivity index (χ0v) is 14.9. The first-order valence-electron chi connectivity index (χ1n) is 8.48. The molecule has 0 saturated heterocycles. The van der Waals surface area contributed by atoms with Crippen molar-refractivity contribution < 1.29 is 9.90 Å². The normalized spacial score (nSPS) is 13.0. The van der Waals surface area contributed by atoms with Crippen molar-refractivity contribution in [2.75, 3.05) is 0 Å². The number of carbonyl (C=O) groups excluding carboxylic acids is 1. The predicted molar refractivity (Wildman–Crippen MR) is 104 cm³/mol. The lowest BCUT2D eigenvalue weighted by atomic mass is 9.96. The molecule has 3 aromatic carbocycles. The van der Waals surface area contributed by atoms with Crippen molar-refractivity contribution >= 4 is 17.5 Å². The third-order valence-corrected chi connectivity index (χ3v) is 4.51. The van der Waals surface area contributed by atoms with Gasteiger partial charge in [0.15, 0.2) is 0 Å². The van der Waals surface area contributed by atoms with Crippen molar-refractivity contribution in [1.82, 2.24) is 5.32 Å². The minimum Gasteiger partial charge on any atom is -0.388 e. The van der Waals surface area contributed by atoms with Crippen LogP contribution in [-0.2, 0) is 0 Å². The van der Waals surface area contributed by atoms with Crippen LogP contribution in [0.3, 0.4) is 0 Å². The van der Waals surface area contributed by atoms with E-state index in [1.807, 2.05) is 60.7 Å². The number of carbonyl (C=O) groups is 1. The van der Waals surface area contributed by atoms with E-state index in [2.05, 4.69) is 5.32 Å². The molecule has 132 valence electrons. The summed E-state index contributed by atoms with van der Waals surface area (Å²) in [6, 6.07) is 25.6. The molecule has 0 aromatic heterocycles. The van der Waals surface area contributed by atoms with Crippen LogP contribution < -0.4 is 5.32 Å². The van der Waals surface area contributed by atoms with Crippen LogP contribution >= 0.6 is 11.6 Å². The first-order chi connectivity index (χ1) is 12.6. The van der Waals surface area contributed by atoms with E-state index >= 15 is 0 Å². The summed E-state index contributed by atoms with van der Waals surface area (Å²) >= 11 is 5.89. The van der Waals surface area contributed by atoms with Gasteiger partial charge in [0.1, 0.15) is 0 Å². The summed E-state index contributed by atoms with van der Waals surface area (Å²) in [5.74, 6) is -0.198. The molecule has 1 amide bonds. The number of rotatable bonds is 6. The van der Waals surface area contributed by atoms with Crippen LogP contribution in [0.2, 0.25) is 5.02 Å². The minimum absolute atomic E-state index is 0.198. The zero-order valence-electron chi connectivity index (χ0n) is 14.2. The van der Waals surface area contributed by atoms with Crippen molar-refractivity contribution in [2.24, 2.45) is 0 Å². The average molecular weight is 366 g/mol. The summed E-state index contributed by atoms with van der Waals surface area (Å²) in [5.41, 5.74) is 2.31. The molecule has 0 aliphatic heterocycles. The second-order valence-electron chi connectivity index (χ2n) is 6.11. The highest BCUT2D eigenvalue weighted by Crippen LogP contribution is 2.27. The number of amides is 1. The molecule has 0 heterocycles. The maximum absolute atomic E-state index is 12.6. The smallest absolute Gasteiger partial charge is 0.251 e. The molecule has 26 heavy (non-hydrogen) atoms. The third kappa shape index (κ3) is 4.72. The summed E-state index contributed by atoms with van der Waals surface area (Å²) in [4.78, 5) is 12.6. The predicted octanol–water partition coefficient (Wildman–Crippen LogP) is 4.93. The molecule has 4 heteroatoms. The Morgan fingerprint density at radius 1 is 0.846 bits per heavy atom. The molecule has 0 radical (unpaired) electrons. The number of aliphatic hydroxyl groups is 1. The van der Waals surface area contributed by atoms with Crippen LogP contribution in [0.1, 0.15) is 40.1 Å². The molecule has 0 bridgehead atoms. The highest BCUT2D eigenvalue weighted by molar-refractivity contribution is 6.30. The number of aliphatic hydroxyl groups excluding tert-OH is 1. The van der Waals surface area contributed by atoms with Gasteiger partial charge in [-0.3, -0.25) is 4.79 Å². The lowest BCUT2D eigenvalue weighted by Gasteiger charge is -2.22. The van der Waals surface area contributed by atoms with E-state index in [0.29, 0.717) is 17.0 Å². The number of hydrogen-bond acceptors (Lipinski definition) is 2.